The lowest BCUT2D eigenvalue weighted by Gasteiger charge is -2.11. The highest BCUT2D eigenvalue weighted by Gasteiger charge is 2.18. The van der Waals surface area contributed by atoms with Crippen molar-refractivity contribution in [1.29, 1.82) is 0 Å². The second kappa shape index (κ2) is 7.03. The molecule has 1 amide bonds. The molecule has 0 radical (unpaired) electrons. The van der Waals surface area contributed by atoms with E-state index in [0.717, 1.165) is 16.1 Å². The molecule has 0 aliphatic carbocycles. The van der Waals surface area contributed by atoms with Crippen molar-refractivity contribution in [3.05, 3.63) is 46.5 Å². The van der Waals surface area contributed by atoms with Crippen LogP contribution in [0.15, 0.2) is 29.5 Å². The standard InChI is InChI=1S/C17H21N7O2/c1-10(2)12-7-13-16(11(3)4)22-23(17(26)24(13)21-12)8-15(25)20-14-5-6-18-9-19-14/h5-7,9-11H,8H2,1-4H3,(H,18,19,20,25). The number of carbonyl (C=O) groups is 1. The van der Waals surface area contributed by atoms with Crippen LogP contribution >= 0.6 is 0 Å². The maximum atomic E-state index is 12.7. The summed E-state index contributed by atoms with van der Waals surface area (Å²) in [5, 5.41) is 11.4. The van der Waals surface area contributed by atoms with Crippen LogP contribution in [-0.4, -0.2) is 35.3 Å². The summed E-state index contributed by atoms with van der Waals surface area (Å²) in [4.78, 5) is 32.7. The molecule has 26 heavy (non-hydrogen) atoms. The highest BCUT2D eigenvalue weighted by atomic mass is 16.2. The molecule has 3 aromatic rings. The lowest BCUT2D eigenvalue weighted by atomic mass is 10.1. The SMILES string of the molecule is CC(C)c1cc2c(C(C)C)nn(CC(=O)Nc3ccncn3)c(=O)n2n1. The first kappa shape index (κ1) is 17.7. The average molecular weight is 355 g/mol. The third-order valence-corrected chi connectivity index (χ3v) is 3.90. The Balaban J connectivity index is 1.99. The molecule has 0 saturated carbocycles. The number of rotatable bonds is 5. The largest absolute Gasteiger partial charge is 0.366 e. The Labute approximate surface area is 150 Å². The van der Waals surface area contributed by atoms with Gasteiger partial charge in [-0.05, 0) is 24.0 Å². The molecule has 3 heterocycles. The van der Waals surface area contributed by atoms with Gasteiger partial charge in [-0.15, -0.1) is 0 Å². The summed E-state index contributed by atoms with van der Waals surface area (Å²) in [6, 6.07) is 3.46. The summed E-state index contributed by atoms with van der Waals surface area (Å²) in [5.74, 6) is 0.225. The molecule has 3 aromatic heterocycles. The van der Waals surface area contributed by atoms with Crippen LogP contribution in [0, 0.1) is 0 Å². The Morgan fingerprint density at radius 1 is 1.19 bits per heavy atom. The molecule has 1 N–H and O–H groups in total. The van der Waals surface area contributed by atoms with Crippen molar-refractivity contribution in [3.63, 3.8) is 0 Å². The fourth-order valence-corrected chi connectivity index (χ4v) is 2.54. The molecular formula is C17H21N7O2. The Morgan fingerprint density at radius 3 is 2.58 bits per heavy atom. The summed E-state index contributed by atoms with van der Waals surface area (Å²) in [6.07, 6.45) is 2.85. The molecular weight excluding hydrogens is 334 g/mol. The van der Waals surface area contributed by atoms with Crippen molar-refractivity contribution in [2.24, 2.45) is 0 Å². The van der Waals surface area contributed by atoms with Crippen molar-refractivity contribution in [2.75, 3.05) is 5.32 Å². The van der Waals surface area contributed by atoms with Gasteiger partial charge < -0.3 is 5.32 Å². The second-order valence-electron chi connectivity index (χ2n) is 6.64. The van der Waals surface area contributed by atoms with Gasteiger partial charge in [0.2, 0.25) is 5.91 Å². The van der Waals surface area contributed by atoms with E-state index in [4.69, 9.17) is 0 Å². The van der Waals surface area contributed by atoms with Gasteiger partial charge in [-0.25, -0.2) is 19.4 Å². The van der Waals surface area contributed by atoms with Crippen LogP contribution in [0.2, 0.25) is 0 Å². The molecule has 0 saturated heterocycles. The van der Waals surface area contributed by atoms with E-state index in [-0.39, 0.29) is 18.4 Å². The minimum Gasteiger partial charge on any atom is -0.309 e. The average Bonchev–Trinajstić information content (AvgIpc) is 3.04. The number of nitrogens with one attached hydrogen (secondary N) is 1. The van der Waals surface area contributed by atoms with Crippen molar-refractivity contribution in [2.45, 2.75) is 46.1 Å². The first-order valence-corrected chi connectivity index (χ1v) is 8.43. The van der Waals surface area contributed by atoms with Crippen molar-refractivity contribution in [1.82, 2.24) is 29.4 Å². The minimum absolute atomic E-state index is 0.0750. The zero-order valence-electron chi connectivity index (χ0n) is 15.2. The van der Waals surface area contributed by atoms with Gasteiger partial charge in [0.15, 0.2) is 0 Å². The molecule has 0 atom stereocenters. The molecule has 0 aliphatic rings. The van der Waals surface area contributed by atoms with Gasteiger partial charge in [-0.1, -0.05) is 27.7 Å². The van der Waals surface area contributed by atoms with E-state index < -0.39 is 11.6 Å². The number of aromatic nitrogens is 6. The molecule has 3 rings (SSSR count). The Morgan fingerprint density at radius 2 is 1.96 bits per heavy atom. The first-order chi connectivity index (χ1) is 12.4. The fraction of sp³-hybridized carbons (Fsp3) is 0.412. The third kappa shape index (κ3) is 3.46. The van der Waals surface area contributed by atoms with Crippen molar-refractivity contribution >= 4 is 17.2 Å². The number of nitrogens with zero attached hydrogens (tertiary/aromatic N) is 6. The van der Waals surface area contributed by atoms with E-state index >= 15 is 0 Å². The van der Waals surface area contributed by atoms with Crippen molar-refractivity contribution in [3.8, 4) is 0 Å². The van der Waals surface area contributed by atoms with Gasteiger partial charge in [0, 0.05) is 6.20 Å². The Kier molecular flexibility index (Phi) is 4.79. The number of carbonyl (C=O) groups excluding carboxylic acids is 1. The zero-order chi connectivity index (χ0) is 18.8. The van der Waals surface area contributed by atoms with Crippen LogP contribution in [-0.2, 0) is 11.3 Å². The molecule has 9 heteroatoms. The van der Waals surface area contributed by atoms with E-state index in [9.17, 15) is 9.59 Å². The second-order valence-corrected chi connectivity index (χ2v) is 6.64. The number of fused-ring (bicyclic) bond motifs is 1. The van der Waals surface area contributed by atoms with Crippen LogP contribution in [0.1, 0.15) is 50.9 Å². The summed E-state index contributed by atoms with van der Waals surface area (Å²) in [5.41, 5.74) is 1.77. The normalized spacial score (nSPS) is 11.5. The van der Waals surface area contributed by atoms with Crippen LogP contribution in [0.3, 0.4) is 0 Å². The monoisotopic (exact) mass is 355 g/mol. The van der Waals surface area contributed by atoms with Crippen LogP contribution in [0.4, 0.5) is 5.82 Å². The lowest BCUT2D eigenvalue weighted by Crippen LogP contribution is -2.35. The van der Waals surface area contributed by atoms with E-state index in [2.05, 4.69) is 25.5 Å². The lowest BCUT2D eigenvalue weighted by molar-refractivity contribution is -0.117. The molecule has 0 aromatic carbocycles. The van der Waals surface area contributed by atoms with Crippen LogP contribution < -0.4 is 11.0 Å². The first-order valence-electron chi connectivity index (χ1n) is 8.43. The molecule has 0 bridgehead atoms. The number of anilines is 1. The zero-order valence-corrected chi connectivity index (χ0v) is 15.2. The van der Waals surface area contributed by atoms with Gasteiger partial charge in [0.05, 0.1) is 16.9 Å². The van der Waals surface area contributed by atoms with Gasteiger partial charge in [-0.3, -0.25) is 4.79 Å². The van der Waals surface area contributed by atoms with E-state index in [1.165, 1.54) is 17.0 Å². The van der Waals surface area contributed by atoms with Crippen molar-refractivity contribution < 1.29 is 4.79 Å². The fourth-order valence-electron chi connectivity index (χ4n) is 2.54. The summed E-state index contributed by atoms with van der Waals surface area (Å²) < 4.78 is 2.46. The quantitative estimate of drug-likeness (QED) is 0.744. The minimum atomic E-state index is -0.450. The summed E-state index contributed by atoms with van der Waals surface area (Å²) in [6.45, 7) is 7.77. The summed E-state index contributed by atoms with van der Waals surface area (Å²) >= 11 is 0. The van der Waals surface area contributed by atoms with Crippen LogP contribution in [0.5, 0.6) is 0 Å². The number of hydrogen-bond acceptors (Lipinski definition) is 6. The Hall–Kier alpha value is -3.10. The number of amides is 1. The van der Waals surface area contributed by atoms with Gasteiger partial charge >= 0.3 is 5.69 Å². The smallest absolute Gasteiger partial charge is 0.309 e. The molecule has 0 spiro atoms. The Bertz CT molecular complexity index is 990. The predicted molar refractivity (Wildman–Crippen MR) is 96.1 cm³/mol. The highest BCUT2D eigenvalue weighted by Crippen LogP contribution is 2.20. The molecule has 0 aliphatic heterocycles. The van der Waals surface area contributed by atoms with Crippen LogP contribution in [0.25, 0.3) is 5.52 Å². The highest BCUT2D eigenvalue weighted by molar-refractivity contribution is 5.89. The maximum Gasteiger partial charge on any atom is 0.366 e. The van der Waals surface area contributed by atoms with Gasteiger partial charge in [0.1, 0.15) is 18.7 Å². The topological polar surface area (TPSA) is 107 Å². The molecule has 0 unspecified atom stereocenters. The summed E-state index contributed by atoms with van der Waals surface area (Å²) in [7, 11) is 0. The third-order valence-electron chi connectivity index (χ3n) is 3.90. The van der Waals surface area contributed by atoms with E-state index in [0.29, 0.717) is 11.3 Å². The predicted octanol–water partition coefficient (Wildman–Crippen LogP) is 1.57. The number of hydrogen-bond donors (Lipinski definition) is 1. The molecule has 136 valence electrons. The maximum absolute atomic E-state index is 12.7. The van der Waals surface area contributed by atoms with Gasteiger partial charge in [0.25, 0.3) is 0 Å². The van der Waals surface area contributed by atoms with E-state index in [1.54, 1.807) is 6.07 Å². The van der Waals surface area contributed by atoms with E-state index in [1.807, 2.05) is 33.8 Å². The van der Waals surface area contributed by atoms with Gasteiger partial charge in [-0.2, -0.15) is 14.7 Å². The molecule has 0 fully saturated rings. The molecule has 9 nitrogen and oxygen atoms in total.